The van der Waals surface area contributed by atoms with Crippen LogP contribution in [0, 0.1) is 12.8 Å². The van der Waals surface area contributed by atoms with Crippen LogP contribution in [-0.2, 0) is 17.9 Å². The molecule has 1 saturated carbocycles. The van der Waals surface area contributed by atoms with Crippen molar-refractivity contribution in [3.63, 3.8) is 0 Å². The van der Waals surface area contributed by atoms with Crippen molar-refractivity contribution in [3.05, 3.63) is 58.6 Å². The summed E-state index contributed by atoms with van der Waals surface area (Å²) in [5.74, 6) is 0.612. The fraction of sp³-hybridized carbons (Fsp3) is 0.462. The van der Waals surface area contributed by atoms with Crippen molar-refractivity contribution < 1.29 is 9.59 Å². The molecule has 0 bridgehead atoms. The number of nitrogens with zero attached hydrogens (tertiary/aromatic N) is 2. The van der Waals surface area contributed by atoms with Gasteiger partial charge in [0.15, 0.2) is 0 Å². The highest BCUT2D eigenvalue weighted by atomic mass is 32.1. The number of amides is 2. The molecule has 168 valence electrons. The number of benzene rings is 1. The molecule has 1 atom stereocenters. The van der Waals surface area contributed by atoms with Gasteiger partial charge in [-0.15, -0.1) is 11.3 Å². The Morgan fingerprint density at radius 3 is 2.69 bits per heavy atom. The predicted octanol–water partition coefficient (Wildman–Crippen LogP) is 5.12. The topological polar surface area (TPSA) is 54.3 Å². The van der Waals surface area contributed by atoms with Gasteiger partial charge in [0.25, 0.3) is 5.91 Å². The zero-order chi connectivity index (χ0) is 22.5. The lowest BCUT2D eigenvalue weighted by molar-refractivity contribution is -0.134. The van der Waals surface area contributed by atoms with Crippen molar-refractivity contribution in [3.8, 4) is 0 Å². The molecule has 1 N–H and O–H groups in total. The molecule has 6 heteroatoms. The third kappa shape index (κ3) is 3.54. The zero-order valence-corrected chi connectivity index (χ0v) is 19.9. The predicted molar refractivity (Wildman–Crippen MR) is 129 cm³/mol. The summed E-state index contributed by atoms with van der Waals surface area (Å²) in [5, 5.41) is 5.37. The number of nitrogens with one attached hydrogen (secondary N) is 1. The monoisotopic (exact) mass is 449 g/mol. The number of rotatable bonds is 4. The van der Waals surface area contributed by atoms with Gasteiger partial charge in [-0.2, -0.15) is 0 Å². The standard InChI is InChI=1S/C26H31N3O2S/c1-17-8-10-20(11-9-17)27-25(31)26(3)16-28-21-12-13-32-23(21)14-22(28)24(30)29(26)15-19-7-5-4-6-18(19)2/h4-7,12-14,17,20H,8-11,15-16H2,1-3H3,(H,27,31)/t17?,20?,26-/m1/s1. The average Bonchev–Trinajstić information content (AvgIpc) is 3.36. The Morgan fingerprint density at radius 1 is 1.19 bits per heavy atom. The molecule has 1 fully saturated rings. The van der Waals surface area contributed by atoms with E-state index in [0.29, 0.717) is 18.8 Å². The molecule has 2 aromatic heterocycles. The maximum Gasteiger partial charge on any atom is 0.271 e. The highest BCUT2D eigenvalue weighted by Crippen LogP contribution is 2.36. The minimum atomic E-state index is -0.955. The van der Waals surface area contributed by atoms with Gasteiger partial charge in [0.2, 0.25) is 5.91 Å². The number of hydrogen-bond acceptors (Lipinski definition) is 3. The molecule has 1 aliphatic heterocycles. The van der Waals surface area contributed by atoms with Crippen molar-refractivity contribution in [2.75, 3.05) is 0 Å². The number of fused-ring (bicyclic) bond motifs is 3. The average molecular weight is 450 g/mol. The number of carbonyl (C=O) groups excluding carboxylic acids is 2. The van der Waals surface area contributed by atoms with Crippen LogP contribution in [0.5, 0.6) is 0 Å². The molecule has 5 rings (SSSR count). The molecule has 1 aliphatic carbocycles. The normalized spacial score (nSPS) is 25.7. The molecular formula is C26H31N3O2S. The number of aryl methyl sites for hydroxylation is 1. The van der Waals surface area contributed by atoms with Gasteiger partial charge in [-0.25, -0.2) is 0 Å². The van der Waals surface area contributed by atoms with E-state index in [1.807, 2.05) is 35.1 Å². The van der Waals surface area contributed by atoms with Gasteiger partial charge in [0.05, 0.1) is 16.8 Å². The van der Waals surface area contributed by atoms with Crippen LogP contribution >= 0.6 is 11.3 Å². The third-order valence-corrected chi connectivity index (χ3v) is 8.33. The molecule has 0 spiro atoms. The molecule has 1 aromatic carbocycles. The summed E-state index contributed by atoms with van der Waals surface area (Å²) in [6.07, 6.45) is 4.31. The third-order valence-electron chi connectivity index (χ3n) is 7.48. The van der Waals surface area contributed by atoms with Gasteiger partial charge in [-0.3, -0.25) is 9.59 Å². The Balaban J connectivity index is 1.52. The van der Waals surface area contributed by atoms with E-state index in [-0.39, 0.29) is 17.9 Å². The van der Waals surface area contributed by atoms with Crippen LogP contribution in [0.1, 0.15) is 61.1 Å². The first kappa shape index (κ1) is 21.3. The van der Waals surface area contributed by atoms with E-state index < -0.39 is 5.54 Å². The first-order chi connectivity index (χ1) is 15.4. The molecule has 0 radical (unpaired) electrons. The summed E-state index contributed by atoms with van der Waals surface area (Å²) in [6.45, 7) is 7.17. The largest absolute Gasteiger partial charge is 0.351 e. The summed E-state index contributed by atoms with van der Waals surface area (Å²) < 4.78 is 3.14. The van der Waals surface area contributed by atoms with E-state index in [0.717, 1.165) is 52.9 Å². The summed E-state index contributed by atoms with van der Waals surface area (Å²) in [7, 11) is 0. The van der Waals surface area contributed by atoms with Gasteiger partial charge in [-0.1, -0.05) is 31.2 Å². The summed E-state index contributed by atoms with van der Waals surface area (Å²) >= 11 is 1.64. The Labute approximate surface area is 193 Å². The molecule has 3 aromatic rings. The summed E-state index contributed by atoms with van der Waals surface area (Å²) in [6, 6.07) is 12.3. The number of carbonyl (C=O) groups is 2. The van der Waals surface area contributed by atoms with Crippen molar-refractivity contribution in [1.82, 2.24) is 14.8 Å². The Morgan fingerprint density at radius 2 is 1.94 bits per heavy atom. The van der Waals surface area contributed by atoms with Gasteiger partial charge >= 0.3 is 0 Å². The number of aromatic nitrogens is 1. The first-order valence-corrected chi connectivity index (χ1v) is 12.5. The van der Waals surface area contributed by atoms with Crippen LogP contribution in [0.25, 0.3) is 10.2 Å². The second kappa shape index (κ2) is 8.07. The van der Waals surface area contributed by atoms with Crippen molar-refractivity contribution in [2.24, 2.45) is 5.92 Å². The summed E-state index contributed by atoms with van der Waals surface area (Å²) in [5.41, 5.74) is 2.97. The number of thiophene rings is 1. The second-order valence-corrected chi connectivity index (χ2v) is 10.8. The van der Waals surface area contributed by atoms with E-state index >= 15 is 0 Å². The quantitative estimate of drug-likeness (QED) is 0.601. The molecule has 2 aliphatic rings. The SMILES string of the molecule is Cc1ccccc1CN1C(=O)c2cc3sccc3n2C[C@]1(C)C(=O)NC1CCC(C)CC1. The minimum absolute atomic E-state index is 0.0401. The van der Waals surface area contributed by atoms with Crippen LogP contribution in [0.4, 0.5) is 0 Å². The lowest BCUT2D eigenvalue weighted by Crippen LogP contribution is -2.64. The second-order valence-electron chi connectivity index (χ2n) is 9.81. The molecular weight excluding hydrogens is 418 g/mol. The maximum atomic E-state index is 13.8. The molecule has 0 unspecified atom stereocenters. The van der Waals surface area contributed by atoms with Gasteiger partial charge in [0.1, 0.15) is 11.2 Å². The van der Waals surface area contributed by atoms with E-state index in [1.54, 1.807) is 16.2 Å². The van der Waals surface area contributed by atoms with E-state index in [4.69, 9.17) is 0 Å². The van der Waals surface area contributed by atoms with Crippen molar-refractivity contribution in [1.29, 1.82) is 0 Å². The zero-order valence-electron chi connectivity index (χ0n) is 19.1. The van der Waals surface area contributed by atoms with Crippen LogP contribution in [0.3, 0.4) is 0 Å². The molecule has 3 heterocycles. The summed E-state index contributed by atoms with van der Waals surface area (Å²) in [4.78, 5) is 29.4. The van der Waals surface area contributed by atoms with Crippen LogP contribution < -0.4 is 5.32 Å². The van der Waals surface area contributed by atoms with E-state index in [9.17, 15) is 9.59 Å². The van der Waals surface area contributed by atoms with E-state index in [1.165, 1.54) is 0 Å². The Kier molecular flexibility index (Phi) is 5.36. The fourth-order valence-corrected chi connectivity index (χ4v) is 6.05. The highest BCUT2D eigenvalue weighted by Gasteiger charge is 2.48. The molecule has 32 heavy (non-hydrogen) atoms. The fourth-order valence-electron chi connectivity index (χ4n) is 5.22. The lowest BCUT2D eigenvalue weighted by atomic mass is 9.86. The maximum absolute atomic E-state index is 13.8. The van der Waals surface area contributed by atoms with Gasteiger partial charge in [0, 0.05) is 12.6 Å². The number of hydrogen-bond donors (Lipinski definition) is 1. The van der Waals surface area contributed by atoms with Crippen LogP contribution in [0.15, 0.2) is 41.8 Å². The molecule has 5 nitrogen and oxygen atoms in total. The van der Waals surface area contributed by atoms with Crippen LogP contribution in [0.2, 0.25) is 0 Å². The van der Waals surface area contributed by atoms with Gasteiger partial charge < -0.3 is 14.8 Å². The van der Waals surface area contributed by atoms with Crippen molar-refractivity contribution in [2.45, 2.75) is 71.1 Å². The smallest absolute Gasteiger partial charge is 0.271 e. The first-order valence-electron chi connectivity index (χ1n) is 11.6. The highest BCUT2D eigenvalue weighted by molar-refractivity contribution is 7.17. The molecule has 2 amide bonds. The Bertz CT molecular complexity index is 1170. The van der Waals surface area contributed by atoms with E-state index in [2.05, 4.69) is 37.4 Å². The Hall–Kier alpha value is -2.60. The van der Waals surface area contributed by atoms with Crippen LogP contribution in [-0.4, -0.2) is 32.9 Å². The van der Waals surface area contributed by atoms with Crippen molar-refractivity contribution >= 4 is 33.4 Å². The van der Waals surface area contributed by atoms with Gasteiger partial charge in [-0.05, 0) is 74.1 Å². The lowest BCUT2D eigenvalue weighted by Gasteiger charge is -2.45. The molecule has 0 saturated heterocycles. The minimum Gasteiger partial charge on any atom is -0.351 e.